The first-order chi connectivity index (χ1) is 9.03. The van der Waals surface area contributed by atoms with Crippen molar-refractivity contribution in [3.8, 4) is 5.88 Å². The summed E-state index contributed by atoms with van der Waals surface area (Å²) in [4.78, 5) is 4.10. The number of sulfonamides is 1. The summed E-state index contributed by atoms with van der Waals surface area (Å²) < 4.78 is 32.6. The molecule has 0 bridgehead atoms. The molecule has 1 aromatic carbocycles. The molecule has 5 nitrogen and oxygen atoms in total. The Morgan fingerprint density at radius 2 is 1.89 bits per heavy atom. The van der Waals surface area contributed by atoms with Crippen LogP contribution in [0.15, 0.2) is 52.0 Å². The van der Waals surface area contributed by atoms with Crippen LogP contribution in [-0.4, -0.2) is 20.5 Å². The zero-order chi connectivity index (χ0) is 13.9. The molecule has 1 aromatic heterocycles. The van der Waals surface area contributed by atoms with Crippen molar-refractivity contribution in [2.45, 2.75) is 4.90 Å². The van der Waals surface area contributed by atoms with Crippen LogP contribution in [0, 0.1) is 0 Å². The van der Waals surface area contributed by atoms with Gasteiger partial charge in [-0.15, -0.1) is 0 Å². The maximum Gasteiger partial charge on any atom is 0.262 e. The molecular formula is C12H11BrN2O3S. The van der Waals surface area contributed by atoms with Gasteiger partial charge < -0.3 is 4.74 Å². The zero-order valence-electron chi connectivity index (χ0n) is 10.00. The van der Waals surface area contributed by atoms with Crippen molar-refractivity contribution in [2.24, 2.45) is 0 Å². The third-order valence-electron chi connectivity index (χ3n) is 2.33. The normalized spacial score (nSPS) is 11.1. The van der Waals surface area contributed by atoms with Gasteiger partial charge in [-0.3, -0.25) is 4.72 Å². The predicted octanol–water partition coefficient (Wildman–Crippen LogP) is 2.65. The van der Waals surface area contributed by atoms with Crippen molar-refractivity contribution in [3.05, 3.63) is 47.1 Å². The average molecular weight is 343 g/mol. The second-order valence-electron chi connectivity index (χ2n) is 3.62. The summed E-state index contributed by atoms with van der Waals surface area (Å²) >= 11 is 3.26. The van der Waals surface area contributed by atoms with Crippen molar-refractivity contribution in [2.75, 3.05) is 11.8 Å². The predicted molar refractivity (Wildman–Crippen MR) is 75.7 cm³/mol. The standard InChI is InChI=1S/C12H11BrN2O3S/c1-18-12-11(3-2-8-14-12)15-19(16,17)10-6-4-9(13)5-7-10/h2-8,15H,1H3. The van der Waals surface area contributed by atoms with Gasteiger partial charge in [0.2, 0.25) is 5.88 Å². The van der Waals surface area contributed by atoms with Gasteiger partial charge in [-0.25, -0.2) is 13.4 Å². The SMILES string of the molecule is COc1ncccc1NS(=O)(=O)c1ccc(Br)cc1. The second-order valence-corrected chi connectivity index (χ2v) is 6.22. The van der Waals surface area contributed by atoms with Crippen LogP contribution in [0.5, 0.6) is 5.88 Å². The summed E-state index contributed by atoms with van der Waals surface area (Å²) in [5, 5.41) is 0. The largest absolute Gasteiger partial charge is 0.480 e. The van der Waals surface area contributed by atoms with E-state index in [1.54, 1.807) is 24.3 Å². The highest BCUT2D eigenvalue weighted by Gasteiger charge is 2.16. The Morgan fingerprint density at radius 3 is 2.53 bits per heavy atom. The number of methoxy groups -OCH3 is 1. The molecule has 0 fully saturated rings. The number of rotatable bonds is 4. The first-order valence-electron chi connectivity index (χ1n) is 5.30. The summed E-state index contributed by atoms with van der Waals surface area (Å²) in [5.41, 5.74) is 0.299. The summed E-state index contributed by atoms with van der Waals surface area (Å²) in [6.07, 6.45) is 1.52. The molecule has 1 N–H and O–H groups in total. The van der Waals surface area contributed by atoms with Crippen LogP contribution in [0.4, 0.5) is 5.69 Å². The first-order valence-corrected chi connectivity index (χ1v) is 7.58. The maximum atomic E-state index is 12.2. The van der Waals surface area contributed by atoms with Crippen LogP contribution >= 0.6 is 15.9 Å². The molecule has 0 aliphatic rings. The lowest BCUT2D eigenvalue weighted by molar-refractivity contribution is 0.400. The number of hydrogen-bond acceptors (Lipinski definition) is 4. The van der Waals surface area contributed by atoms with Crippen LogP contribution in [0.25, 0.3) is 0 Å². The fraction of sp³-hybridized carbons (Fsp3) is 0.0833. The average Bonchev–Trinajstić information content (AvgIpc) is 2.39. The Bertz CT molecular complexity index is 672. The smallest absolute Gasteiger partial charge is 0.262 e. The molecule has 0 atom stereocenters. The molecule has 100 valence electrons. The topological polar surface area (TPSA) is 68.3 Å². The van der Waals surface area contributed by atoms with E-state index in [9.17, 15) is 8.42 Å². The van der Waals surface area contributed by atoms with Gasteiger partial charge in [-0.2, -0.15) is 0 Å². The van der Waals surface area contributed by atoms with E-state index < -0.39 is 10.0 Å². The van der Waals surface area contributed by atoms with Crippen LogP contribution in [0.3, 0.4) is 0 Å². The highest BCUT2D eigenvalue weighted by Crippen LogP contribution is 2.24. The van der Waals surface area contributed by atoms with Crippen molar-refractivity contribution >= 4 is 31.6 Å². The lowest BCUT2D eigenvalue weighted by Gasteiger charge is -2.10. The zero-order valence-corrected chi connectivity index (χ0v) is 12.4. The number of halogens is 1. The summed E-state index contributed by atoms with van der Waals surface area (Å²) in [5.74, 6) is 0.225. The van der Waals surface area contributed by atoms with E-state index in [1.807, 2.05) is 0 Å². The minimum absolute atomic E-state index is 0.168. The second kappa shape index (κ2) is 5.58. The lowest BCUT2D eigenvalue weighted by atomic mass is 10.4. The van der Waals surface area contributed by atoms with Crippen molar-refractivity contribution in [1.82, 2.24) is 4.98 Å². The van der Waals surface area contributed by atoms with Crippen LogP contribution in [-0.2, 0) is 10.0 Å². The van der Waals surface area contributed by atoms with E-state index in [1.165, 1.54) is 25.4 Å². The highest BCUT2D eigenvalue weighted by atomic mass is 79.9. The molecule has 0 saturated carbocycles. The van der Waals surface area contributed by atoms with Gasteiger partial charge in [0.05, 0.1) is 12.0 Å². The molecule has 2 rings (SSSR count). The molecule has 7 heteroatoms. The Kier molecular flexibility index (Phi) is 4.06. The van der Waals surface area contributed by atoms with E-state index in [-0.39, 0.29) is 10.8 Å². The molecule has 2 aromatic rings. The number of nitrogens with zero attached hydrogens (tertiary/aromatic N) is 1. The van der Waals surface area contributed by atoms with E-state index >= 15 is 0 Å². The molecular weight excluding hydrogens is 332 g/mol. The third kappa shape index (κ3) is 3.24. The first kappa shape index (κ1) is 13.8. The minimum Gasteiger partial charge on any atom is -0.480 e. The van der Waals surface area contributed by atoms with Gasteiger partial charge in [0, 0.05) is 10.7 Å². The van der Waals surface area contributed by atoms with Gasteiger partial charge in [0.15, 0.2) is 0 Å². The summed E-state index contributed by atoms with van der Waals surface area (Å²) in [6.45, 7) is 0. The number of aromatic nitrogens is 1. The van der Waals surface area contributed by atoms with E-state index in [0.717, 1.165) is 4.47 Å². The van der Waals surface area contributed by atoms with Crippen LogP contribution in [0.1, 0.15) is 0 Å². The third-order valence-corrected chi connectivity index (χ3v) is 4.24. The molecule has 0 unspecified atom stereocenters. The Morgan fingerprint density at radius 1 is 1.21 bits per heavy atom. The van der Waals surface area contributed by atoms with Crippen LogP contribution < -0.4 is 9.46 Å². The number of nitrogens with one attached hydrogen (secondary N) is 1. The Labute approximate surface area is 119 Å². The lowest BCUT2D eigenvalue weighted by Crippen LogP contribution is -2.13. The Balaban J connectivity index is 2.34. The molecule has 0 spiro atoms. The molecule has 0 aliphatic carbocycles. The highest BCUT2D eigenvalue weighted by molar-refractivity contribution is 9.10. The number of ether oxygens (including phenoxy) is 1. The van der Waals surface area contributed by atoms with Gasteiger partial charge >= 0.3 is 0 Å². The van der Waals surface area contributed by atoms with E-state index in [4.69, 9.17) is 4.74 Å². The molecule has 0 radical (unpaired) electrons. The quantitative estimate of drug-likeness (QED) is 0.927. The Hall–Kier alpha value is -1.60. The maximum absolute atomic E-state index is 12.2. The molecule has 0 amide bonds. The van der Waals surface area contributed by atoms with Crippen LogP contribution in [0.2, 0.25) is 0 Å². The van der Waals surface area contributed by atoms with Gasteiger partial charge in [0.25, 0.3) is 10.0 Å². The minimum atomic E-state index is -3.65. The van der Waals surface area contributed by atoms with Crippen molar-refractivity contribution in [1.29, 1.82) is 0 Å². The molecule has 19 heavy (non-hydrogen) atoms. The monoisotopic (exact) mass is 342 g/mol. The summed E-state index contributed by atoms with van der Waals surface area (Å²) in [6, 6.07) is 9.55. The molecule has 1 heterocycles. The summed E-state index contributed by atoms with van der Waals surface area (Å²) in [7, 11) is -2.22. The van der Waals surface area contributed by atoms with Crippen molar-refractivity contribution < 1.29 is 13.2 Å². The van der Waals surface area contributed by atoms with Crippen molar-refractivity contribution in [3.63, 3.8) is 0 Å². The van der Waals surface area contributed by atoms with Gasteiger partial charge in [0.1, 0.15) is 5.69 Å². The number of pyridine rings is 1. The molecule has 0 saturated heterocycles. The number of anilines is 1. The molecule has 0 aliphatic heterocycles. The van der Waals surface area contributed by atoms with E-state index in [0.29, 0.717) is 5.69 Å². The fourth-order valence-electron chi connectivity index (χ4n) is 1.45. The number of hydrogen-bond donors (Lipinski definition) is 1. The van der Waals surface area contributed by atoms with Gasteiger partial charge in [-0.05, 0) is 36.4 Å². The van der Waals surface area contributed by atoms with Gasteiger partial charge in [-0.1, -0.05) is 15.9 Å². The van der Waals surface area contributed by atoms with E-state index in [2.05, 4.69) is 25.6 Å². The number of benzene rings is 1. The fourth-order valence-corrected chi connectivity index (χ4v) is 2.77.